The SMILES string of the molecule is CC(C(=O)NC1CCN(S(=O)(=O)C(F)(F)F)CC1)c1ccccc1Cl. The maximum absolute atomic E-state index is 12.5. The number of carbonyl (C=O) groups excluding carboxylic acids is 1. The van der Waals surface area contributed by atoms with Gasteiger partial charge in [-0.2, -0.15) is 17.5 Å². The summed E-state index contributed by atoms with van der Waals surface area (Å²) in [6, 6.07) is 6.52. The third kappa shape index (κ3) is 4.45. The van der Waals surface area contributed by atoms with Crippen molar-refractivity contribution in [3.8, 4) is 0 Å². The fraction of sp³-hybridized carbons (Fsp3) is 0.533. The van der Waals surface area contributed by atoms with Crippen LogP contribution >= 0.6 is 11.6 Å². The Labute approximate surface area is 149 Å². The monoisotopic (exact) mass is 398 g/mol. The van der Waals surface area contributed by atoms with Crippen molar-refractivity contribution in [2.45, 2.75) is 37.2 Å². The first-order valence-corrected chi connectivity index (χ1v) is 9.47. The minimum absolute atomic E-state index is 0.121. The van der Waals surface area contributed by atoms with Gasteiger partial charge < -0.3 is 5.32 Å². The van der Waals surface area contributed by atoms with E-state index < -0.39 is 21.4 Å². The first kappa shape index (κ1) is 20.0. The zero-order chi connectivity index (χ0) is 18.8. The number of amides is 1. The number of alkyl halides is 3. The molecule has 0 aliphatic carbocycles. The van der Waals surface area contributed by atoms with Crippen LogP contribution in [0.5, 0.6) is 0 Å². The van der Waals surface area contributed by atoms with E-state index >= 15 is 0 Å². The molecule has 0 bridgehead atoms. The Balaban J connectivity index is 1.94. The van der Waals surface area contributed by atoms with Crippen molar-refractivity contribution in [3.63, 3.8) is 0 Å². The van der Waals surface area contributed by atoms with Gasteiger partial charge in [-0.25, -0.2) is 8.42 Å². The number of carbonyl (C=O) groups is 1. The minimum atomic E-state index is -5.31. The highest BCUT2D eigenvalue weighted by atomic mass is 35.5. The van der Waals surface area contributed by atoms with Crippen LogP contribution in [0, 0.1) is 0 Å². The molecule has 25 heavy (non-hydrogen) atoms. The predicted octanol–water partition coefficient (Wildman–Crippen LogP) is 2.87. The van der Waals surface area contributed by atoms with E-state index in [9.17, 15) is 26.4 Å². The summed E-state index contributed by atoms with van der Waals surface area (Å²) in [5.74, 6) is -0.823. The van der Waals surface area contributed by atoms with Crippen LogP contribution in [0.4, 0.5) is 13.2 Å². The van der Waals surface area contributed by atoms with Crippen LogP contribution in [0.15, 0.2) is 24.3 Å². The number of sulfonamides is 1. The number of hydrogen-bond donors (Lipinski definition) is 1. The summed E-state index contributed by atoms with van der Waals surface area (Å²) in [6.07, 6.45) is 0.243. The molecule has 1 aromatic rings. The van der Waals surface area contributed by atoms with Gasteiger partial charge in [0.25, 0.3) is 0 Å². The van der Waals surface area contributed by atoms with Crippen molar-refractivity contribution in [2.24, 2.45) is 0 Å². The summed E-state index contributed by atoms with van der Waals surface area (Å²) in [7, 11) is -5.31. The number of halogens is 4. The lowest BCUT2D eigenvalue weighted by atomic mass is 9.98. The Morgan fingerprint density at radius 2 is 1.84 bits per heavy atom. The second-order valence-electron chi connectivity index (χ2n) is 5.88. The topological polar surface area (TPSA) is 66.5 Å². The Morgan fingerprint density at radius 1 is 1.28 bits per heavy atom. The maximum Gasteiger partial charge on any atom is 0.511 e. The number of piperidine rings is 1. The highest BCUT2D eigenvalue weighted by Gasteiger charge is 2.50. The largest absolute Gasteiger partial charge is 0.511 e. The molecule has 0 saturated carbocycles. The van der Waals surface area contributed by atoms with Crippen LogP contribution in [-0.2, 0) is 14.8 Å². The summed E-state index contributed by atoms with van der Waals surface area (Å²) < 4.78 is 60.8. The van der Waals surface area contributed by atoms with Gasteiger partial charge in [0, 0.05) is 24.2 Å². The van der Waals surface area contributed by atoms with Gasteiger partial charge in [0.1, 0.15) is 0 Å². The highest BCUT2D eigenvalue weighted by Crippen LogP contribution is 2.29. The first-order valence-electron chi connectivity index (χ1n) is 7.65. The van der Waals surface area contributed by atoms with E-state index in [1.807, 2.05) is 0 Å². The van der Waals surface area contributed by atoms with Crippen LogP contribution in [-0.4, -0.2) is 43.3 Å². The minimum Gasteiger partial charge on any atom is -0.353 e. The molecule has 1 aromatic carbocycles. The molecular formula is C15H18ClF3N2O3S. The lowest BCUT2D eigenvalue weighted by molar-refractivity contribution is -0.123. The van der Waals surface area contributed by atoms with E-state index in [1.54, 1.807) is 31.2 Å². The third-order valence-electron chi connectivity index (χ3n) is 4.20. The van der Waals surface area contributed by atoms with Gasteiger partial charge in [0.05, 0.1) is 5.92 Å². The van der Waals surface area contributed by atoms with Crippen molar-refractivity contribution in [1.29, 1.82) is 0 Å². The molecule has 2 rings (SSSR count). The number of nitrogens with zero attached hydrogens (tertiary/aromatic N) is 1. The summed E-state index contributed by atoms with van der Waals surface area (Å²) >= 11 is 6.06. The molecule has 1 saturated heterocycles. The molecule has 1 amide bonds. The van der Waals surface area contributed by atoms with Gasteiger partial charge in [-0.05, 0) is 31.4 Å². The van der Waals surface area contributed by atoms with Crippen LogP contribution in [0.3, 0.4) is 0 Å². The summed E-state index contributed by atoms with van der Waals surface area (Å²) in [5.41, 5.74) is -4.65. The van der Waals surface area contributed by atoms with Gasteiger partial charge in [0.2, 0.25) is 5.91 Å². The Kier molecular flexibility index (Phi) is 6.01. The second kappa shape index (κ2) is 7.51. The summed E-state index contributed by atoms with van der Waals surface area (Å²) in [4.78, 5) is 12.3. The van der Waals surface area contributed by atoms with E-state index in [0.717, 1.165) is 0 Å². The summed E-state index contributed by atoms with van der Waals surface area (Å²) in [5, 5.41) is 3.21. The number of nitrogens with one attached hydrogen (secondary N) is 1. The molecule has 0 radical (unpaired) electrons. The fourth-order valence-corrected chi connectivity index (χ4v) is 3.96. The Hall–Kier alpha value is -1.32. The van der Waals surface area contributed by atoms with Crippen molar-refractivity contribution >= 4 is 27.5 Å². The van der Waals surface area contributed by atoms with Crippen molar-refractivity contribution in [1.82, 2.24) is 9.62 Å². The van der Waals surface area contributed by atoms with Crippen molar-refractivity contribution < 1.29 is 26.4 Å². The van der Waals surface area contributed by atoms with Gasteiger partial charge in [-0.3, -0.25) is 4.79 Å². The molecule has 1 aliphatic rings. The normalized spacial score (nSPS) is 18.8. The van der Waals surface area contributed by atoms with Crippen LogP contribution in [0.1, 0.15) is 31.2 Å². The molecule has 10 heteroatoms. The van der Waals surface area contributed by atoms with E-state index in [4.69, 9.17) is 11.6 Å². The fourth-order valence-electron chi connectivity index (χ4n) is 2.68. The lowest BCUT2D eigenvalue weighted by Gasteiger charge is -2.32. The van der Waals surface area contributed by atoms with E-state index in [-0.39, 0.29) is 37.9 Å². The van der Waals surface area contributed by atoms with Gasteiger partial charge in [0.15, 0.2) is 0 Å². The molecule has 1 atom stereocenters. The molecule has 1 aliphatic heterocycles. The van der Waals surface area contributed by atoms with Crippen molar-refractivity contribution in [2.75, 3.05) is 13.1 Å². The van der Waals surface area contributed by atoms with Crippen LogP contribution in [0.25, 0.3) is 0 Å². The predicted molar refractivity (Wildman–Crippen MR) is 87.6 cm³/mol. The number of benzene rings is 1. The Bertz CT molecular complexity index is 732. The molecule has 5 nitrogen and oxygen atoms in total. The zero-order valence-electron chi connectivity index (χ0n) is 13.4. The van der Waals surface area contributed by atoms with E-state index in [1.165, 1.54) is 0 Å². The zero-order valence-corrected chi connectivity index (χ0v) is 15.0. The molecule has 1 heterocycles. The van der Waals surface area contributed by atoms with E-state index in [0.29, 0.717) is 14.9 Å². The average molecular weight is 399 g/mol. The van der Waals surface area contributed by atoms with Gasteiger partial charge in [-0.1, -0.05) is 29.8 Å². The highest BCUT2D eigenvalue weighted by molar-refractivity contribution is 7.90. The van der Waals surface area contributed by atoms with E-state index in [2.05, 4.69) is 5.32 Å². The Morgan fingerprint density at radius 3 is 2.36 bits per heavy atom. The molecule has 0 spiro atoms. The molecule has 0 aromatic heterocycles. The summed E-state index contributed by atoms with van der Waals surface area (Å²) in [6.45, 7) is 1.11. The molecule has 1 fully saturated rings. The molecule has 140 valence electrons. The van der Waals surface area contributed by atoms with Crippen molar-refractivity contribution in [3.05, 3.63) is 34.9 Å². The van der Waals surface area contributed by atoms with Crippen LogP contribution < -0.4 is 5.32 Å². The van der Waals surface area contributed by atoms with Gasteiger partial charge in [-0.15, -0.1) is 0 Å². The lowest BCUT2D eigenvalue weighted by Crippen LogP contribution is -2.50. The average Bonchev–Trinajstić information content (AvgIpc) is 2.54. The molecular weight excluding hydrogens is 381 g/mol. The standard InChI is InChI=1S/C15H18ClF3N2O3S/c1-10(12-4-2-3-5-13(12)16)14(22)20-11-6-8-21(9-7-11)25(23,24)15(17,18)19/h2-5,10-11H,6-9H2,1H3,(H,20,22). The second-order valence-corrected chi connectivity index (χ2v) is 8.21. The number of rotatable bonds is 4. The van der Waals surface area contributed by atoms with Gasteiger partial charge >= 0.3 is 15.5 Å². The third-order valence-corrected chi connectivity index (χ3v) is 6.17. The smallest absolute Gasteiger partial charge is 0.353 e. The van der Waals surface area contributed by atoms with Crippen LogP contribution in [0.2, 0.25) is 5.02 Å². The molecule has 1 unspecified atom stereocenters. The maximum atomic E-state index is 12.5. The molecule has 1 N–H and O–H groups in total. The first-order chi connectivity index (χ1) is 11.5. The number of hydrogen-bond acceptors (Lipinski definition) is 3. The quantitative estimate of drug-likeness (QED) is 0.848.